The van der Waals surface area contributed by atoms with Crippen LogP contribution in [0.3, 0.4) is 0 Å². The van der Waals surface area contributed by atoms with Crippen LogP contribution in [0.2, 0.25) is 0 Å². The van der Waals surface area contributed by atoms with Gasteiger partial charge in [0.05, 0.1) is 12.5 Å². The van der Waals surface area contributed by atoms with E-state index < -0.39 is 0 Å². The molecule has 1 aromatic carbocycles. The summed E-state index contributed by atoms with van der Waals surface area (Å²) < 4.78 is 7.00. The van der Waals surface area contributed by atoms with Gasteiger partial charge in [-0.25, -0.2) is 0 Å². The van der Waals surface area contributed by atoms with Crippen molar-refractivity contribution in [3.8, 4) is 0 Å². The van der Waals surface area contributed by atoms with Crippen LogP contribution in [-0.4, -0.2) is 47.3 Å². The first kappa shape index (κ1) is 17.2. The minimum atomic E-state index is -0.219. The van der Waals surface area contributed by atoms with Crippen molar-refractivity contribution in [2.24, 2.45) is 5.92 Å². The quantitative estimate of drug-likeness (QED) is 0.670. The maximum atomic E-state index is 12.7. The Kier molecular flexibility index (Phi) is 5.16. The zero-order valence-electron chi connectivity index (χ0n) is 14.4. The Bertz CT molecular complexity index is 796. The largest absolute Gasteiger partial charge is 0.466 e. The molecule has 1 aromatic heterocycles. The van der Waals surface area contributed by atoms with E-state index in [0.717, 1.165) is 29.3 Å². The third-order valence-corrected chi connectivity index (χ3v) is 4.70. The van der Waals surface area contributed by atoms with Gasteiger partial charge >= 0.3 is 5.97 Å². The van der Waals surface area contributed by atoms with Crippen LogP contribution >= 0.6 is 0 Å². The number of carbonyl (C=O) groups is 2. The summed E-state index contributed by atoms with van der Waals surface area (Å²) in [7, 11) is 0. The number of ether oxygens (including phenoxy) is 1. The molecule has 6 heteroatoms. The van der Waals surface area contributed by atoms with E-state index in [1.807, 2.05) is 35.0 Å². The average Bonchev–Trinajstić information content (AvgIpc) is 3.05. The van der Waals surface area contributed by atoms with Crippen molar-refractivity contribution in [3.05, 3.63) is 36.0 Å². The molecule has 1 fully saturated rings. The van der Waals surface area contributed by atoms with Gasteiger partial charge in [0.15, 0.2) is 0 Å². The average molecular weight is 341 g/mol. The molecule has 2 heterocycles. The van der Waals surface area contributed by atoms with E-state index in [0.29, 0.717) is 19.7 Å². The van der Waals surface area contributed by atoms with Gasteiger partial charge in [-0.15, -0.1) is 0 Å². The lowest BCUT2D eigenvalue weighted by molar-refractivity contribution is -0.151. The van der Waals surface area contributed by atoms with Gasteiger partial charge in [-0.2, -0.15) is 0 Å². The Morgan fingerprint density at radius 1 is 1.36 bits per heavy atom. The predicted octanol–water partition coefficient (Wildman–Crippen LogP) is 2.44. The maximum absolute atomic E-state index is 12.7. The minimum absolute atomic E-state index is 0.00625. The number of carbonyl (C=O) groups excluding carboxylic acids is 2. The Labute approximate surface area is 146 Å². The molecule has 132 valence electrons. The topological polar surface area (TPSA) is 75.4 Å². The molecule has 1 aliphatic heterocycles. The van der Waals surface area contributed by atoms with Crippen LogP contribution in [0.25, 0.3) is 10.9 Å². The number of esters is 1. The van der Waals surface area contributed by atoms with Gasteiger partial charge in [-0.3, -0.25) is 9.59 Å². The normalized spacial score (nSPS) is 17.5. The number of nitrogens with zero attached hydrogens (tertiary/aromatic N) is 2. The van der Waals surface area contributed by atoms with E-state index in [-0.39, 0.29) is 24.3 Å². The number of fused-ring (bicyclic) bond motifs is 1. The predicted molar refractivity (Wildman–Crippen MR) is 95.8 cm³/mol. The van der Waals surface area contributed by atoms with Crippen LogP contribution in [0.1, 0.15) is 25.3 Å². The van der Waals surface area contributed by atoms with Crippen molar-refractivity contribution in [2.45, 2.75) is 26.3 Å². The summed E-state index contributed by atoms with van der Waals surface area (Å²) in [6.07, 6.45) is 4.79. The van der Waals surface area contributed by atoms with Crippen LogP contribution < -0.4 is 0 Å². The Morgan fingerprint density at radius 3 is 2.96 bits per heavy atom. The first-order valence-electron chi connectivity index (χ1n) is 8.66. The number of piperidine rings is 1. The molecule has 25 heavy (non-hydrogen) atoms. The zero-order valence-corrected chi connectivity index (χ0v) is 14.4. The molecule has 0 saturated carbocycles. The Morgan fingerprint density at radius 2 is 2.20 bits per heavy atom. The smallest absolute Gasteiger partial charge is 0.310 e. The highest BCUT2D eigenvalue weighted by Crippen LogP contribution is 2.21. The van der Waals surface area contributed by atoms with E-state index in [1.54, 1.807) is 11.8 Å². The first-order chi connectivity index (χ1) is 12.1. The fourth-order valence-electron chi connectivity index (χ4n) is 3.41. The van der Waals surface area contributed by atoms with Gasteiger partial charge in [-0.05, 0) is 31.9 Å². The van der Waals surface area contributed by atoms with Gasteiger partial charge in [0, 0.05) is 42.0 Å². The molecular formula is C19H23N3O3. The fraction of sp³-hybridized carbons (Fsp3) is 0.421. The number of amides is 1. The third kappa shape index (κ3) is 3.57. The summed E-state index contributed by atoms with van der Waals surface area (Å²) >= 11 is 0. The van der Waals surface area contributed by atoms with Gasteiger partial charge in [0.25, 0.3) is 0 Å². The number of hydrogen-bond donors (Lipinski definition) is 1. The Balaban J connectivity index is 1.72. The van der Waals surface area contributed by atoms with Gasteiger partial charge < -0.3 is 19.6 Å². The second-order valence-electron chi connectivity index (χ2n) is 6.30. The van der Waals surface area contributed by atoms with Crippen LogP contribution in [0.15, 0.2) is 30.5 Å². The van der Waals surface area contributed by atoms with Gasteiger partial charge in [0.2, 0.25) is 5.91 Å². The lowest BCUT2D eigenvalue weighted by Crippen LogP contribution is -2.44. The molecule has 3 rings (SSSR count). The summed E-state index contributed by atoms with van der Waals surface area (Å²) in [6.45, 7) is 3.51. The SMILES string of the molecule is CCOC(=O)C1CCCN(C(=O)Cn2ccc3c(C=N)cccc32)C1. The summed E-state index contributed by atoms with van der Waals surface area (Å²) in [6, 6.07) is 7.66. The molecule has 1 aliphatic rings. The standard InChI is InChI=1S/C19H23N3O3/c1-2-25-19(24)15-6-4-9-22(12-15)18(23)13-21-10-8-16-14(11-20)5-3-7-17(16)21/h3,5,7-8,10-11,15,20H,2,4,6,9,12-13H2,1H3. The molecule has 1 saturated heterocycles. The summed E-state index contributed by atoms with van der Waals surface area (Å²) in [5, 5.41) is 8.45. The number of aromatic nitrogens is 1. The lowest BCUT2D eigenvalue weighted by atomic mass is 9.98. The molecule has 0 bridgehead atoms. The monoisotopic (exact) mass is 341 g/mol. The molecule has 6 nitrogen and oxygen atoms in total. The van der Waals surface area contributed by atoms with Crippen LogP contribution in [-0.2, 0) is 20.9 Å². The highest BCUT2D eigenvalue weighted by atomic mass is 16.5. The molecule has 1 unspecified atom stereocenters. The van der Waals surface area contributed by atoms with E-state index in [2.05, 4.69) is 0 Å². The highest BCUT2D eigenvalue weighted by molar-refractivity contribution is 5.98. The van der Waals surface area contributed by atoms with Crippen molar-refractivity contribution in [1.29, 1.82) is 5.41 Å². The molecule has 1 N–H and O–H groups in total. The van der Waals surface area contributed by atoms with Gasteiger partial charge in [-0.1, -0.05) is 12.1 Å². The van der Waals surface area contributed by atoms with Crippen molar-refractivity contribution >= 4 is 29.0 Å². The summed E-state index contributed by atoms with van der Waals surface area (Å²) in [5.74, 6) is -0.419. The Hall–Kier alpha value is -2.63. The zero-order chi connectivity index (χ0) is 17.8. The minimum Gasteiger partial charge on any atom is -0.466 e. The van der Waals surface area contributed by atoms with E-state index in [1.165, 1.54) is 6.21 Å². The van der Waals surface area contributed by atoms with Crippen LogP contribution in [0, 0.1) is 11.3 Å². The van der Waals surface area contributed by atoms with Crippen LogP contribution in [0.5, 0.6) is 0 Å². The first-order valence-corrected chi connectivity index (χ1v) is 8.66. The molecule has 2 aromatic rings. The second-order valence-corrected chi connectivity index (χ2v) is 6.30. The van der Waals surface area contributed by atoms with Crippen LogP contribution in [0.4, 0.5) is 0 Å². The number of likely N-dealkylation sites (tertiary alicyclic amines) is 1. The number of nitrogens with one attached hydrogen (secondary N) is 1. The van der Waals surface area contributed by atoms with E-state index >= 15 is 0 Å². The molecule has 0 aliphatic carbocycles. The highest BCUT2D eigenvalue weighted by Gasteiger charge is 2.29. The van der Waals surface area contributed by atoms with Crippen molar-refractivity contribution in [1.82, 2.24) is 9.47 Å². The summed E-state index contributed by atoms with van der Waals surface area (Å²) in [4.78, 5) is 26.4. The maximum Gasteiger partial charge on any atom is 0.310 e. The van der Waals surface area contributed by atoms with E-state index in [9.17, 15) is 9.59 Å². The van der Waals surface area contributed by atoms with Gasteiger partial charge in [0.1, 0.15) is 6.54 Å². The summed E-state index contributed by atoms with van der Waals surface area (Å²) in [5.41, 5.74) is 1.78. The number of benzene rings is 1. The molecular weight excluding hydrogens is 318 g/mol. The van der Waals surface area contributed by atoms with Crippen molar-refractivity contribution in [2.75, 3.05) is 19.7 Å². The molecule has 0 radical (unpaired) electrons. The molecule has 1 atom stereocenters. The number of rotatable bonds is 5. The lowest BCUT2D eigenvalue weighted by Gasteiger charge is -2.31. The van der Waals surface area contributed by atoms with Crippen molar-refractivity contribution < 1.29 is 14.3 Å². The number of hydrogen-bond acceptors (Lipinski definition) is 4. The second kappa shape index (κ2) is 7.51. The molecule has 1 amide bonds. The van der Waals surface area contributed by atoms with Crippen molar-refractivity contribution in [3.63, 3.8) is 0 Å². The fourth-order valence-corrected chi connectivity index (χ4v) is 3.41. The van der Waals surface area contributed by atoms with E-state index in [4.69, 9.17) is 10.1 Å². The molecule has 0 spiro atoms. The third-order valence-electron chi connectivity index (χ3n) is 4.70.